The molecule has 1 aromatic carbocycles. The number of nitrogens with two attached hydrogens (primary N) is 1. The quantitative estimate of drug-likeness (QED) is 0.886. The number of para-hydroxylation sites is 2. The highest BCUT2D eigenvalue weighted by Crippen LogP contribution is 2.50. The van der Waals surface area contributed by atoms with Crippen molar-refractivity contribution in [3.8, 4) is 5.75 Å². The van der Waals surface area contributed by atoms with Gasteiger partial charge in [0.2, 0.25) is 0 Å². The van der Waals surface area contributed by atoms with Crippen LogP contribution in [0.15, 0.2) is 24.3 Å². The van der Waals surface area contributed by atoms with Gasteiger partial charge in [-0.1, -0.05) is 12.1 Å². The lowest BCUT2D eigenvalue weighted by atomic mass is 10.0. The normalized spacial score (nSPS) is 20.8. The van der Waals surface area contributed by atoms with Crippen molar-refractivity contribution >= 4 is 5.69 Å². The lowest BCUT2D eigenvalue weighted by Gasteiger charge is -2.28. The third kappa shape index (κ3) is 2.32. The largest absolute Gasteiger partial charge is 0.491 e. The van der Waals surface area contributed by atoms with E-state index in [1.807, 2.05) is 0 Å². The van der Waals surface area contributed by atoms with Crippen LogP contribution in [0.1, 0.15) is 25.7 Å². The fourth-order valence-electron chi connectivity index (χ4n) is 2.94. The molecule has 0 unspecified atom stereocenters. The van der Waals surface area contributed by atoms with Crippen molar-refractivity contribution < 1.29 is 4.74 Å². The van der Waals surface area contributed by atoms with Crippen LogP contribution in [-0.4, -0.2) is 26.2 Å². The van der Waals surface area contributed by atoms with Gasteiger partial charge in [0.1, 0.15) is 5.75 Å². The zero-order valence-corrected chi connectivity index (χ0v) is 10.9. The summed E-state index contributed by atoms with van der Waals surface area (Å²) in [6.45, 7) is 3.89. The Labute approximate surface area is 109 Å². The molecule has 0 aromatic heterocycles. The van der Waals surface area contributed by atoms with Crippen molar-refractivity contribution in [2.45, 2.75) is 25.7 Å². The van der Waals surface area contributed by atoms with Gasteiger partial charge in [-0.25, -0.2) is 0 Å². The minimum absolute atomic E-state index is 0.492. The molecule has 3 nitrogen and oxygen atoms in total. The van der Waals surface area contributed by atoms with Crippen molar-refractivity contribution in [3.05, 3.63) is 24.3 Å². The van der Waals surface area contributed by atoms with Gasteiger partial charge in [-0.3, -0.25) is 0 Å². The van der Waals surface area contributed by atoms with Gasteiger partial charge in [-0.2, -0.15) is 0 Å². The number of nitrogens with zero attached hydrogens (tertiary/aromatic N) is 1. The highest BCUT2D eigenvalue weighted by atomic mass is 16.5. The van der Waals surface area contributed by atoms with Crippen molar-refractivity contribution in [3.63, 3.8) is 0 Å². The van der Waals surface area contributed by atoms with E-state index in [0.29, 0.717) is 5.41 Å². The number of hydrogen-bond donors (Lipinski definition) is 1. The molecule has 0 bridgehead atoms. The Hall–Kier alpha value is -1.22. The number of anilines is 1. The van der Waals surface area contributed by atoms with E-state index < -0.39 is 0 Å². The zero-order valence-electron chi connectivity index (χ0n) is 10.9. The molecule has 18 heavy (non-hydrogen) atoms. The number of fused-ring (bicyclic) bond motifs is 1. The van der Waals surface area contributed by atoms with Crippen LogP contribution in [0.25, 0.3) is 0 Å². The van der Waals surface area contributed by atoms with Crippen LogP contribution >= 0.6 is 0 Å². The maximum atomic E-state index is 5.81. The van der Waals surface area contributed by atoms with Gasteiger partial charge in [0, 0.05) is 13.1 Å². The smallest absolute Gasteiger partial charge is 0.142 e. The summed E-state index contributed by atoms with van der Waals surface area (Å²) in [7, 11) is 0. The van der Waals surface area contributed by atoms with E-state index in [0.717, 1.165) is 44.8 Å². The van der Waals surface area contributed by atoms with Crippen LogP contribution in [0.5, 0.6) is 5.75 Å². The molecule has 98 valence electrons. The van der Waals surface area contributed by atoms with Crippen molar-refractivity contribution in [2.75, 3.05) is 31.1 Å². The number of ether oxygens (including phenoxy) is 1. The van der Waals surface area contributed by atoms with E-state index >= 15 is 0 Å². The summed E-state index contributed by atoms with van der Waals surface area (Å²) in [5.41, 5.74) is 7.50. The molecule has 0 spiro atoms. The van der Waals surface area contributed by atoms with E-state index in [4.69, 9.17) is 10.5 Å². The number of benzene rings is 1. The maximum Gasteiger partial charge on any atom is 0.142 e. The first-order valence-electron chi connectivity index (χ1n) is 7.00. The zero-order chi connectivity index (χ0) is 12.4. The highest BCUT2D eigenvalue weighted by molar-refractivity contribution is 5.59. The molecule has 3 rings (SSSR count). The SMILES string of the molecule is NCCC1(CN2CCCOc3ccccc32)CC1. The molecule has 1 fully saturated rings. The molecule has 1 aliphatic heterocycles. The van der Waals surface area contributed by atoms with Gasteiger partial charge < -0.3 is 15.4 Å². The first-order valence-corrected chi connectivity index (χ1v) is 7.00. The summed E-state index contributed by atoms with van der Waals surface area (Å²) in [5, 5.41) is 0. The summed E-state index contributed by atoms with van der Waals surface area (Å²) in [5.74, 6) is 1.04. The molecule has 1 aromatic rings. The van der Waals surface area contributed by atoms with E-state index in [9.17, 15) is 0 Å². The van der Waals surface area contributed by atoms with Gasteiger partial charge in [-0.05, 0) is 49.8 Å². The predicted molar refractivity (Wildman–Crippen MR) is 74.1 cm³/mol. The summed E-state index contributed by atoms with van der Waals surface area (Å²) >= 11 is 0. The average molecular weight is 246 g/mol. The fourth-order valence-corrected chi connectivity index (χ4v) is 2.94. The summed E-state index contributed by atoms with van der Waals surface area (Å²) in [6, 6.07) is 8.41. The van der Waals surface area contributed by atoms with E-state index in [-0.39, 0.29) is 0 Å². The van der Waals surface area contributed by atoms with Gasteiger partial charge in [0.25, 0.3) is 0 Å². The number of rotatable bonds is 4. The van der Waals surface area contributed by atoms with Crippen LogP contribution in [-0.2, 0) is 0 Å². The van der Waals surface area contributed by atoms with Crippen LogP contribution in [0.2, 0.25) is 0 Å². The monoisotopic (exact) mass is 246 g/mol. The molecule has 3 heteroatoms. The number of hydrogen-bond acceptors (Lipinski definition) is 3. The standard InChI is InChI=1S/C15H22N2O/c16-9-8-15(6-7-15)12-17-10-3-11-18-14-5-2-1-4-13(14)17/h1-2,4-5H,3,6-12,16H2. The Morgan fingerprint density at radius 2 is 2.11 bits per heavy atom. The van der Waals surface area contributed by atoms with Crippen LogP contribution in [0.4, 0.5) is 5.69 Å². The molecule has 1 heterocycles. The van der Waals surface area contributed by atoms with Crippen molar-refractivity contribution in [2.24, 2.45) is 11.1 Å². The van der Waals surface area contributed by atoms with Crippen molar-refractivity contribution in [1.29, 1.82) is 0 Å². The second-order valence-corrected chi connectivity index (χ2v) is 5.63. The van der Waals surface area contributed by atoms with Gasteiger partial charge in [-0.15, -0.1) is 0 Å². The van der Waals surface area contributed by atoms with E-state index in [1.165, 1.54) is 18.5 Å². The topological polar surface area (TPSA) is 38.5 Å². The lowest BCUT2D eigenvalue weighted by Crippen LogP contribution is -2.32. The second-order valence-electron chi connectivity index (χ2n) is 5.63. The summed E-state index contributed by atoms with van der Waals surface area (Å²) < 4.78 is 5.81. The first-order chi connectivity index (χ1) is 8.83. The average Bonchev–Trinajstić information content (AvgIpc) is 3.16. The van der Waals surface area contributed by atoms with E-state index in [1.54, 1.807) is 0 Å². The Morgan fingerprint density at radius 1 is 1.28 bits per heavy atom. The molecule has 1 saturated carbocycles. The maximum absolute atomic E-state index is 5.81. The third-order valence-electron chi connectivity index (χ3n) is 4.19. The summed E-state index contributed by atoms with van der Waals surface area (Å²) in [4.78, 5) is 2.50. The molecular formula is C15H22N2O. The molecule has 0 atom stereocenters. The molecule has 0 radical (unpaired) electrons. The molecule has 0 saturated heterocycles. The van der Waals surface area contributed by atoms with Crippen LogP contribution in [0, 0.1) is 5.41 Å². The molecule has 2 aliphatic rings. The van der Waals surface area contributed by atoms with Crippen molar-refractivity contribution in [1.82, 2.24) is 0 Å². The third-order valence-corrected chi connectivity index (χ3v) is 4.19. The minimum atomic E-state index is 0.492. The predicted octanol–water partition coefficient (Wildman–Crippen LogP) is 2.40. The molecule has 0 amide bonds. The highest BCUT2D eigenvalue weighted by Gasteiger charge is 2.43. The second kappa shape index (κ2) is 4.81. The van der Waals surface area contributed by atoms with Crippen LogP contribution < -0.4 is 15.4 Å². The first kappa shape index (κ1) is 11.8. The van der Waals surface area contributed by atoms with E-state index in [2.05, 4.69) is 29.2 Å². The molecule has 2 N–H and O–H groups in total. The Kier molecular flexibility index (Phi) is 3.16. The Morgan fingerprint density at radius 3 is 2.89 bits per heavy atom. The summed E-state index contributed by atoms with van der Waals surface area (Å²) in [6.07, 6.45) is 4.94. The molecule has 1 aliphatic carbocycles. The lowest BCUT2D eigenvalue weighted by molar-refractivity contribution is 0.322. The Bertz CT molecular complexity index is 415. The Balaban J connectivity index is 1.79. The van der Waals surface area contributed by atoms with Gasteiger partial charge in [0.15, 0.2) is 0 Å². The molecular weight excluding hydrogens is 224 g/mol. The van der Waals surface area contributed by atoms with Gasteiger partial charge in [0.05, 0.1) is 12.3 Å². The fraction of sp³-hybridized carbons (Fsp3) is 0.600. The van der Waals surface area contributed by atoms with Gasteiger partial charge >= 0.3 is 0 Å². The minimum Gasteiger partial charge on any atom is -0.491 e. The van der Waals surface area contributed by atoms with Crippen LogP contribution in [0.3, 0.4) is 0 Å².